The monoisotopic (exact) mass is 245 g/mol. The van der Waals surface area contributed by atoms with Gasteiger partial charge in [0.1, 0.15) is 0 Å². The summed E-state index contributed by atoms with van der Waals surface area (Å²) in [5.41, 5.74) is 0.176. The van der Waals surface area contributed by atoms with Crippen LogP contribution in [-0.2, 0) is 16.6 Å². The van der Waals surface area contributed by atoms with Gasteiger partial charge in [0, 0.05) is 5.56 Å². The number of carbonyl (C=O) groups is 1. The molecule has 0 spiro atoms. The van der Waals surface area contributed by atoms with E-state index in [1.807, 2.05) is 0 Å². The van der Waals surface area contributed by atoms with Crippen LogP contribution in [0.4, 0.5) is 10.5 Å². The Morgan fingerprint density at radius 1 is 1.38 bits per heavy atom. The van der Waals surface area contributed by atoms with Crippen LogP contribution in [-0.4, -0.2) is 31.0 Å². The molecule has 0 aromatic heterocycles. The van der Waals surface area contributed by atoms with Crippen molar-refractivity contribution in [3.63, 3.8) is 0 Å². The van der Waals surface area contributed by atoms with E-state index in [2.05, 4.69) is 0 Å². The van der Waals surface area contributed by atoms with Crippen molar-refractivity contribution in [2.45, 2.75) is 6.61 Å². The Balaban J connectivity index is 3.38. The van der Waals surface area contributed by atoms with Crippen molar-refractivity contribution in [3.05, 3.63) is 29.8 Å². The van der Waals surface area contributed by atoms with Gasteiger partial charge in [-0.1, -0.05) is 18.2 Å². The lowest BCUT2D eigenvalue weighted by molar-refractivity contribution is 0.206. The second-order valence-electron chi connectivity index (χ2n) is 3.10. The molecule has 6 nitrogen and oxygen atoms in total. The molecule has 1 aromatic carbocycles. The number of rotatable bonds is 3. The number of nitrogens with zero attached hydrogens (tertiary/aromatic N) is 1. The van der Waals surface area contributed by atoms with Gasteiger partial charge in [-0.3, -0.25) is 0 Å². The maximum absolute atomic E-state index is 11.3. The lowest BCUT2D eigenvalue weighted by Crippen LogP contribution is -2.35. The van der Waals surface area contributed by atoms with Crippen molar-refractivity contribution in [1.29, 1.82) is 0 Å². The molecule has 1 rings (SSSR count). The summed E-state index contributed by atoms with van der Waals surface area (Å²) in [7, 11) is -3.93. The predicted molar refractivity (Wildman–Crippen MR) is 57.7 cm³/mol. The SMILES string of the molecule is CS(=O)(=O)N(C(=O)O)c1ccccc1CO. The van der Waals surface area contributed by atoms with Crippen molar-refractivity contribution >= 4 is 21.8 Å². The van der Waals surface area contributed by atoms with Crippen molar-refractivity contribution in [2.24, 2.45) is 0 Å². The first-order valence-electron chi connectivity index (χ1n) is 4.30. The average Bonchev–Trinajstić information content (AvgIpc) is 2.15. The zero-order chi connectivity index (χ0) is 12.3. The second kappa shape index (κ2) is 4.50. The number of aliphatic hydroxyl groups is 1. The van der Waals surface area contributed by atoms with Gasteiger partial charge >= 0.3 is 6.09 Å². The van der Waals surface area contributed by atoms with Crippen molar-refractivity contribution in [1.82, 2.24) is 0 Å². The average molecular weight is 245 g/mol. The lowest BCUT2D eigenvalue weighted by atomic mass is 10.2. The molecule has 0 saturated carbocycles. The molecule has 0 atom stereocenters. The molecule has 1 aromatic rings. The fourth-order valence-electron chi connectivity index (χ4n) is 1.27. The third-order valence-corrected chi connectivity index (χ3v) is 2.90. The number of benzene rings is 1. The Kier molecular flexibility index (Phi) is 3.51. The quantitative estimate of drug-likeness (QED) is 0.814. The Bertz CT molecular complexity index is 496. The van der Waals surface area contributed by atoms with Gasteiger partial charge in [-0.25, -0.2) is 13.2 Å². The van der Waals surface area contributed by atoms with Crippen LogP contribution in [0.5, 0.6) is 0 Å². The Labute approximate surface area is 92.8 Å². The van der Waals surface area contributed by atoms with Gasteiger partial charge in [0.05, 0.1) is 18.6 Å². The third kappa shape index (κ3) is 2.50. The number of sulfonamides is 1. The maximum Gasteiger partial charge on any atom is 0.425 e. The van der Waals surface area contributed by atoms with Crippen LogP contribution in [0.1, 0.15) is 5.56 Å². The molecule has 16 heavy (non-hydrogen) atoms. The van der Waals surface area contributed by atoms with Gasteiger partial charge in [-0.2, -0.15) is 4.31 Å². The number of hydrogen-bond acceptors (Lipinski definition) is 4. The predicted octanol–water partition coefficient (Wildman–Crippen LogP) is 0.623. The van der Waals surface area contributed by atoms with Crippen LogP contribution in [0.3, 0.4) is 0 Å². The van der Waals surface area contributed by atoms with E-state index >= 15 is 0 Å². The van der Waals surface area contributed by atoms with E-state index in [0.717, 1.165) is 6.26 Å². The highest BCUT2D eigenvalue weighted by Crippen LogP contribution is 2.22. The molecular formula is C9H11NO5S. The molecule has 0 saturated heterocycles. The standard InChI is InChI=1S/C9H11NO5S/c1-16(14,15)10(9(12)13)8-5-3-2-4-7(8)6-11/h2-5,11H,6H2,1H3,(H,12,13). The summed E-state index contributed by atoms with van der Waals surface area (Å²) in [6.07, 6.45) is -0.821. The summed E-state index contributed by atoms with van der Waals surface area (Å²) in [5, 5.41) is 17.8. The van der Waals surface area contributed by atoms with E-state index in [9.17, 15) is 13.2 Å². The number of amides is 1. The number of para-hydroxylation sites is 1. The molecule has 0 aliphatic heterocycles. The molecule has 0 unspecified atom stereocenters. The summed E-state index contributed by atoms with van der Waals surface area (Å²) >= 11 is 0. The first-order chi connectivity index (χ1) is 7.38. The van der Waals surface area contributed by atoms with Crippen LogP contribution >= 0.6 is 0 Å². The highest BCUT2D eigenvalue weighted by Gasteiger charge is 2.26. The van der Waals surface area contributed by atoms with Gasteiger partial charge < -0.3 is 10.2 Å². The molecule has 0 aliphatic rings. The van der Waals surface area contributed by atoms with Crippen molar-refractivity contribution in [3.8, 4) is 0 Å². The highest BCUT2D eigenvalue weighted by molar-refractivity contribution is 7.92. The summed E-state index contributed by atoms with van der Waals surface area (Å²) in [5.74, 6) is 0. The molecule has 7 heteroatoms. The van der Waals surface area contributed by atoms with Crippen LogP contribution in [0, 0.1) is 0 Å². The minimum absolute atomic E-state index is 0.0556. The van der Waals surface area contributed by atoms with Crippen molar-refractivity contribution < 1.29 is 23.4 Å². The molecule has 2 N–H and O–H groups in total. The molecule has 0 aliphatic carbocycles. The zero-order valence-corrected chi connectivity index (χ0v) is 9.31. The summed E-state index contributed by atoms with van der Waals surface area (Å²) in [6, 6.07) is 5.85. The Morgan fingerprint density at radius 2 is 1.94 bits per heavy atom. The van der Waals surface area contributed by atoms with Gasteiger partial charge in [0.2, 0.25) is 10.0 Å². The van der Waals surface area contributed by atoms with Crippen LogP contribution in [0.15, 0.2) is 24.3 Å². The zero-order valence-electron chi connectivity index (χ0n) is 8.49. The van der Waals surface area contributed by atoms with Crippen LogP contribution in [0.2, 0.25) is 0 Å². The molecule has 0 radical (unpaired) electrons. The van der Waals surface area contributed by atoms with Crippen LogP contribution in [0.25, 0.3) is 0 Å². The molecule has 0 heterocycles. The normalized spacial score (nSPS) is 11.1. The van der Waals surface area contributed by atoms with Gasteiger partial charge in [0.25, 0.3) is 0 Å². The number of aliphatic hydroxyl groups excluding tert-OH is 1. The third-order valence-electron chi connectivity index (χ3n) is 1.89. The Morgan fingerprint density at radius 3 is 2.38 bits per heavy atom. The fraction of sp³-hybridized carbons (Fsp3) is 0.222. The number of anilines is 1. The first-order valence-corrected chi connectivity index (χ1v) is 6.14. The number of hydrogen-bond donors (Lipinski definition) is 2. The topological polar surface area (TPSA) is 94.9 Å². The van der Waals surface area contributed by atoms with E-state index < -0.39 is 22.7 Å². The molecular weight excluding hydrogens is 234 g/mol. The first kappa shape index (κ1) is 12.5. The fourth-order valence-corrected chi connectivity index (χ4v) is 2.09. The van der Waals surface area contributed by atoms with Gasteiger partial charge in [-0.05, 0) is 6.07 Å². The summed E-state index contributed by atoms with van der Waals surface area (Å²) < 4.78 is 22.8. The molecule has 0 fully saturated rings. The van der Waals surface area contributed by atoms with E-state index in [1.54, 1.807) is 6.07 Å². The second-order valence-corrected chi connectivity index (χ2v) is 4.93. The van der Waals surface area contributed by atoms with E-state index in [4.69, 9.17) is 10.2 Å². The van der Waals surface area contributed by atoms with E-state index in [1.165, 1.54) is 18.2 Å². The van der Waals surface area contributed by atoms with Gasteiger partial charge in [0.15, 0.2) is 0 Å². The largest absolute Gasteiger partial charge is 0.464 e. The smallest absolute Gasteiger partial charge is 0.425 e. The summed E-state index contributed by atoms with van der Waals surface area (Å²) in [6.45, 7) is -0.435. The van der Waals surface area contributed by atoms with E-state index in [-0.39, 0.29) is 15.6 Å². The van der Waals surface area contributed by atoms with E-state index in [0.29, 0.717) is 0 Å². The minimum atomic E-state index is -3.93. The number of carboxylic acid groups (broad SMARTS) is 1. The molecule has 88 valence electrons. The highest BCUT2D eigenvalue weighted by atomic mass is 32.2. The molecule has 0 bridgehead atoms. The van der Waals surface area contributed by atoms with Crippen molar-refractivity contribution in [2.75, 3.05) is 10.6 Å². The maximum atomic E-state index is 11.3. The van der Waals surface area contributed by atoms with Gasteiger partial charge in [-0.15, -0.1) is 0 Å². The summed E-state index contributed by atoms with van der Waals surface area (Å²) in [4.78, 5) is 10.9. The minimum Gasteiger partial charge on any atom is -0.464 e. The molecule has 1 amide bonds. The Hall–Kier alpha value is -1.60. The lowest BCUT2D eigenvalue weighted by Gasteiger charge is -2.18. The van der Waals surface area contributed by atoms with Crippen LogP contribution < -0.4 is 4.31 Å².